The Morgan fingerprint density at radius 2 is 2.00 bits per heavy atom. The smallest absolute Gasteiger partial charge is 0.305 e. The van der Waals surface area contributed by atoms with Gasteiger partial charge in [0.1, 0.15) is 0 Å². The lowest BCUT2D eigenvalue weighted by Crippen LogP contribution is -2.43. The fraction of sp³-hybridized carbons (Fsp3) is 0.875. The van der Waals surface area contributed by atoms with Crippen LogP contribution in [0.2, 0.25) is 0 Å². The van der Waals surface area contributed by atoms with E-state index in [1.165, 1.54) is 25.7 Å². The van der Waals surface area contributed by atoms with Gasteiger partial charge in [0.2, 0.25) is 0 Å². The van der Waals surface area contributed by atoms with Crippen molar-refractivity contribution in [3.05, 3.63) is 0 Å². The van der Waals surface area contributed by atoms with Crippen LogP contribution < -0.4 is 10.6 Å². The molecule has 1 saturated heterocycles. The molecule has 1 fully saturated rings. The Bertz CT molecular complexity index is 361. The third-order valence-corrected chi connectivity index (χ3v) is 5.52. The van der Waals surface area contributed by atoms with Crippen LogP contribution in [0.5, 0.6) is 0 Å². The van der Waals surface area contributed by atoms with Crippen LogP contribution in [0.15, 0.2) is 4.99 Å². The van der Waals surface area contributed by atoms with Crippen molar-refractivity contribution in [3.8, 4) is 0 Å². The van der Waals surface area contributed by atoms with E-state index in [1.54, 1.807) is 0 Å². The maximum atomic E-state index is 11.0. The molecule has 0 aromatic heterocycles. The van der Waals surface area contributed by atoms with Gasteiger partial charge in [-0.05, 0) is 38.4 Å². The molecule has 2 N–H and O–H groups in total. The molecule has 1 heterocycles. The number of unbranched alkanes of at least 4 members (excludes halogenated alkanes) is 3. The van der Waals surface area contributed by atoms with Crippen molar-refractivity contribution in [1.29, 1.82) is 0 Å². The van der Waals surface area contributed by atoms with Crippen molar-refractivity contribution >= 4 is 47.7 Å². The largest absolute Gasteiger partial charge is 0.469 e. The fourth-order valence-corrected chi connectivity index (χ4v) is 3.77. The molecule has 0 spiro atoms. The van der Waals surface area contributed by atoms with Crippen LogP contribution in [0.1, 0.15) is 51.9 Å². The normalized spacial score (nSPS) is 20.7. The van der Waals surface area contributed by atoms with E-state index in [9.17, 15) is 4.79 Å². The van der Waals surface area contributed by atoms with Crippen LogP contribution in [-0.2, 0) is 9.53 Å². The number of aliphatic imine (C=N–C) groups is 1. The molecule has 23 heavy (non-hydrogen) atoms. The molecule has 1 rings (SSSR count). The zero-order valence-electron chi connectivity index (χ0n) is 14.7. The topological polar surface area (TPSA) is 62.7 Å². The van der Waals surface area contributed by atoms with Gasteiger partial charge in [0.25, 0.3) is 0 Å². The van der Waals surface area contributed by atoms with Gasteiger partial charge in [-0.3, -0.25) is 9.79 Å². The molecule has 1 unspecified atom stereocenters. The summed E-state index contributed by atoms with van der Waals surface area (Å²) in [5.41, 5.74) is 0. The Kier molecular flexibility index (Phi) is 13.0. The number of carbonyl (C=O) groups is 1. The van der Waals surface area contributed by atoms with Gasteiger partial charge in [-0.15, -0.1) is 24.0 Å². The number of carbonyl (C=O) groups excluding carboxylic acids is 1. The van der Waals surface area contributed by atoms with E-state index in [2.05, 4.69) is 39.0 Å². The van der Waals surface area contributed by atoms with Crippen molar-refractivity contribution in [3.63, 3.8) is 0 Å². The van der Waals surface area contributed by atoms with Gasteiger partial charge < -0.3 is 15.4 Å². The third kappa shape index (κ3) is 10.3. The van der Waals surface area contributed by atoms with Crippen molar-refractivity contribution in [2.24, 2.45) is 4.99 Å². The zero-order valence-corrected chi connectivity index (χ0v) is 17.8. The van der Waals surface area contributed by atoms with Crippen molar-refractivity contribution in [2.45, 2.75) is 56.6 Å². The third-order valence-electron chi connectivity index (χ3n) is 3.98. The summed E-state index contributed by atoms with van der Waals surface area (Å²) in [7, 11) is 3.26. The molecule has 0 aromatic carbocycles. The molecular formula is C16H32IN3O2S. The molecule has 0 aliphatic carbocycles. The molecule has 0 saturated carbocycles. The van der Waals surface area contributed by atoms with Gasteiger partial charge in [0.05, 0.1) is 7.11 Å². The van der Waals surface area contributed by atoms with Gasteiger partial charge >= 0.3 is 5.97 Å². The summed E-state index contributed by atoms with van der Waals surface area (Å²) in [6.45, 7) is 4.21. The minimum Gasteiger partial charge on any atom is -0.469 e. The van der Waals surface area contributed by atoms with Gasteiger partial charge in [-0.25, -0.2) is 0 Å². The molecule has 7 heteroatoms. The monoisotopic (exact) mass is 457 g/mol. The second kappa shape index (κ2) is 13.1. The Labute approximate surface area is 162 Å². The zero-order chi connectivity index (χ0) is 16.3. The Balaban J connectivity index is 0.00000484. The molecule has 0 amide bonds. The van der Waals surface area contributed by atoms with E-state index >= 15 is 0 Å². The Morgan fingerprint density at radius 1 is 1.26 bits per heavy atom. The first-order chi connectivity index (χ1) is 10.6. The number of halogens is 1. The van der Waals surface area contributed by atoms with Crippen LogP contribution in [0.4, 0.5) is 0 Å². The number of hydrogen-bond donors (Lipinski definition) is 2. The highest BCUT2D eigenvalue weighted by Crippen LogP contribution is 2.36. The molecule has 1 atom stereocenters. The summed E-state index contributed by atoms with van der Waals surface area (Å²) in [6.07, 6.45) is 7.32. The molecule has 1 aliphatic heterocycles. The predicted octanol–water partition coefficient (Wildman–Crippen LogP) is 3.18. The molecule has 1 aliphatic rings. The quantitative estimate of drug-likeness (QED) is 0.183. The van der Waals surface area contributed by atoms with E-state index in [0.29, 0.717) is 11.2 Å². The molecule has 0 bridgehead atoms. The summed E-state index contributed by atoms with van der Waals surface area (Å²) < 4.78 is 4.98. The van der Waals surface area contributed by atoms with Crippen molar-refractivity contribution in [2.75, 3.05) is 33.0 Å². The van der Waals surface area contributed by atoms with Gasteiger partial charge in [0.15, 0.2) is 5.96 Å². The number of ether oxygens (including phenoxy) is 1. The molecule has 0 radical (unpaired) electrons. The highest BCUT2D eigenvalue weighted by molar-refractivity contribution is 14.0. The first kappa shape index (κ1) is 22.8. The predicted molar refractivity (Wildman–Crippen MR) is 110 cm³/mol. The molecule has 0 aromatic rings. The Morgan fingerprint density at radius 3 is 2.61 bits per heavy atom. The summed E-state index contributed by atoms with van der Waals surface area (Å²) >= 11 is 2.06. The number of hydrogen-bond acceptors (Lipinski definition) is 4. The van der Waals surface area contributed by atoms with E-state index < -0.39 is 0 Å². The van der Waals surface area contributed by atoms with Gasteiger partial charge in [-0.1, -0.05) is 12.8 Å². The van der Waals surface area contributed by atoms with Gasteiger partial charge in [0, 0.05) is 31.3 Å². The summed E-state index contributed by atoms with van der Waals surface area (Å²) in [5, 5.41) is 6.79. The van der Waals surface area contributed by atoms with Crippen LogP contribution in [0.3, 0.4) is 0 Å². The number of rotatable bonds is 9. The maximum Gasteiger partial charge on any atom is 0.305 e. The first-order valence-corrected chi connectivity index (χ1v) is 9.23. The van der Waals surface area contributed by atoms with Crippen LogP contribution >= 0.6 is 35.7 Å². The first-order valence-electron chi connectivity index (χ1n) is 8.25. The van der Waals surface area contributed by atoms with Crippen LogP contribution in [0, 0.1) is 0 Å². The van der Waals surface area contributed by atoms with E-state index in [0.717, 1.165) is 44.7 Å². The lowest BCUT2D eigenvalue weighted by Gasteiger charge is -2.24. The number of nitrogens with one attached hydrogen (secondary N) is 2. The maximum absolute atomic E-state index is 11.0. The summed E-state index contributed by atoms with van der Waals surface area (Å²) in [6, 6.07) is 0. The Hall–Kier alpha value is -0.180. The minimum absolute atomic E-state index is 0. The SMILES string of the molecule is CN=C(NCCCCCCC(=O)OC)NCC1(C)CCCS1.I. The standard InChI is InChI=1S/C16H31N3O2S.HI/c1-16(10-8-12-22-16)13-19-15(17-2)18-11-7-5-4-6-9-14(20)21-3;/h4-13H2,1-3H3,(H2,17,18,19);1H. The van der Waals surface area contributed by atoms with Crippen molar-refractivity contribution < 1.29 is 9.53 Å². The second-order valence-corrected chi connectivity index (χ2v) is 7.68. The van der Waals surface area contributed by atoms with E-state index in [1.807, 2.05) is 7.05 Å². The molecule has 136 valence electrons. The van der Waals surface area contributed by atoms with Crippen LogP contribution in [-0.4, -0.2) is 49.7 Å². The number of methoxy groups -OCH3 is 1. The molecular weight excluding hydrogens is 425 g/mol. The van der Waals surface area contributed by atoms with Crippen molar-refractivity contribution in [1.82, 2.24) is 10.6 Å². The summed E-state index contributed by atoms with van der Waals surface area (Å²) in [5.74, 6) is 2.06. The van der Waals surface area contributed by atoms with E-state index in [4.69, 9.17) is 0 Å². The number of guanidine groups is 1. The average Bonchev–Trinajstić information content (AvgIpc) is 2.96. The number of thioether (sulfide) groups is 1. The van der Waals surface area contributed by atoms with E-state index in [-0.39, 0.29) is 29.9 Å². The lowest BCUT2D eigenvalue weighted by molar-refractivity contribution is -0.140. The molecule has 5 nitrogen and oxygen atoms in total. The summed E-state index contributed by atoms with van der Waals surface area (Å²) in [4.78, 5) is 15.2. The highest BCUT2D eigenvalue weighted by atomic mass is 127. The van der Waals surface area contributed by atoms with Crippen LogP contribution in [0.25, 0.3) is 0 Å². The second-order valence-electron chi connectivity index (χ2n) is 5.99. The van der Waals surface area contributed by atoms with Gasteiger partial charge in [-0.2, -0.15) is 11.8 Å². The minimum atomic E-state index is -0.110. The number of esters is 1. The average molecular weight is 457 g/mol. The lowest BCUT2D eigenvalue weighted by atomic mass is 10.1. The number of nitrogens with zero attached hydrogens (tertiary/aromatic N) is 1. The fourth-order valence-electron chi connectivity index (χ4n) is 2.52. The highest BCUT2D eigenvalue weighted by Gasteiger charge is 2.29.